The fraction of sp³-hybridized carbons (Fsp3) is 0.636. The number of rotatable bonds is 3. The van der Waals surface area contributed by atoms with E-state index in [4.69, 9.17) is 0 Å². The van der Waals surface area contributed by atoms with E-state index in [1.54, 1.807) is 12.1 Å². The molecule has 3 fully saturated rings. The van der Waals surface area contributed by atoms with E-state index in [0.29, 0.717) is 11.5 Å². The number of amides is 1. The summed E-state index contributed by atoms with van der Waals surface area (Å²) in [7, 11) is -1.74. The van der Waals surface area contributed by atoms with Crippen LogP contribution in [0.3, 0.4) is 0 Å². The number of benzene rings is 1. The van der Waals surface area contributed by atoms with Crippen LogP contribution in [-0.4, -0.2) is 45.1 Å². The number of aliphatic hydroxyl groups excluding tert-OH is 1. The van der Waals surface area contributed by atoms with E-state index < -0.39 is 22.0 Å². The maximum absolute atomic E-state index is 13.2. The maximum Gasteiger partial charge on any atom is 0.239 e. The molecule has 1 spiro atoms. The fourth-order valence-electron chi connectivity index (χ4n) is 6.54. The Morgan fingerprint density at radius 1 is 1.37 bits per heavy atom. The van der Waals surface area contributed by atoms with Crippen LogP contribution in [0.25, 0.3) is 11.0 Å². The first-order valence-electron chi connectivity index (χ1n) is 10.6. The quantitative estimate of drug-likeness (QED) is 0.807. The van der Waals surface area contributed by atoms with Crippen molar-refractivity contribution < 1.29 is 18.3 Å². The van der Waals surface area contributed by atoms with E-state index in [2.05, 4.69) is 18.8 Å². The first-order chi connectivity index (χ1) is 14.0. The molecule has 2 aromatic rings. The number of aromatic nitrogens is 2. The minimum absolute atomic E-state index is 0.0508. The van der Waals surface area contributed by atoms with Crippen molar-refractivity contribution in [2.45, 2.75) is 58.6 Å². The van der Waals surface area contributed by atoms with Gasteiger partial charge in [-0.1, -0.05) is 19.9 Å². The fourth-order valence-corrected chi connectivity index (χ4v) is 9.09. The lowest BCUT2D eigenvalue weighted by Gasteiger charge is -2.37. The van der Waals surface area contributed by atoms with Gasteiger partial charge in [0.15, 0.2) is 0 Å². The highest BCUT2D eigenvalue weighted by molar-refractivity contribution is 7.90. The van der Waals surface area contributed by atoms with Crippen LogP contribution in [-0.2, 0) is 21.9 Å². The maximum atomic E-state index is 13.2. The number of imidazole rings is 1. The van der Waals surface area contributed by atoms with E-state index in [9.17, 15) is 18.3 Å². The molecule has 3 aliphatic rings. The molecular formula is C22H29N3O4S. The van der Waals surface area contributed by atoms with E-state index >= 15 is 0 Å². The van der Waals surface area contributed by atoms with Crippen molar-refractivity contribution in [3.8, 4) is 0 Å². The summed E-state index contributed by atoms with van der Waals surface area (Å²) < 4.78 is 29.2. The molecule has 2 heterocycles. The molecule has 7 nitrogen and oxygen atoms in total. The molecule has 1 amide bonds. The van der Waals surface area contributed by atoms with Crippen molar-refractivity contribution in [2.24, 2.45) is 23.8 Å². The number of aryl methyl sites for hydroxylation is 2. The van der Waals surface area contributed by atoms with Gasteiger partial charge in [-0.15, -0.1) is 0 Å². The molecule has 1 aromatic heterocycles. The lowest BCUT2D eigenvalue weighted by molar-refractivity contribution is -0.131. The van der Waals surface area contributed by atoms with Crippen molar-refractivity contribution in [1.29, 1.82) is 0 Å². The summed E-state index contributed by atoms with van der Waals surface area (Å²) in [4.78, 5) is 17.6. The Kier molecular flexibility index (Phi) is 4.04. The topological polar surface area (TPSA) is 92.5 Å². The lowest BCUT2D eigenvalue weighted by Crippen LogP contribution is -2.44. The molecule has 1 aromatic carbocycles. The number of sulfonamides is 1. The zero-order chi connectivity index (χ0) is 21.6. The van der Waals surface area contributed by atoms with Crippen LogP contribution in [0.1, 0.15) is 57.0 Å². The molecule has 162 valence electrons. The molecule has 4 atom stereocenters. The van der Waals surface area contributed by atoms with Gasteiger partial charge in [0.05, 0.1) is 35.4 Å². The van der Waals surface area contributed by atoms with Gasteiger partial charge in [-0.3, -0.25) is 4.79 Å². The van der Waals surface area contributed by atoms with Crippen LogP contribution in [0, 0.1) is 23.7 Å². The summed E-state index contributed by atoms with van der Waals surface area (Å²) in [6.45, 7) is 6.23. The van der Waals surface area contributed by atoms with Gasteiger partial charge in [-0.25, -0.2) is 17.7 Å². The SMILES string of the molecule is Cc1nc2cc([C@@H](O)CC(=O)N3[C@@H]4CC5CC[C@]4(CS3(=O)=O)C5(C)C)ccc2n1C. The third-order valence-corrected chi connectivity index (χ3v) is 10.5. The van der Waals surface area contributed by atoms with E-state index in [1.807, 2.05) is 24.6 Å². The number of nitrogens with zero attached hydrogens (tertiary/aromatic N) is 3. The average Bonchev–Trinajstić information content (AvgIpc) is 3.24. The van der Waals surface area contributed by atoms with E-state index in [1.165, 1.54) is 0 Å². The largest absolute Gasteiger partial charge is 0.388 e. The molecule has 5 rings (SSSR count). The van der Waals surface area contributed by atoms with Crippen molar-refractivity contribution in [3.63, 3.8) is 0 Å². The average molecular weight is 432 g/mol. The standard InChI is InChI=1S/C22H29N3O4S/c1-13-23-16-9-14(5-6-17(16)24(13)4)18(26)11-20(27)25-19-10-15-7-8-22(19,21(15,2)3)12-30(25,28)29/h5-6,9,15,18-19,26H,7-8,10-12H2,1-4H3/t15?,18-,19+,22+/m0/s1. The Morgan fingerprint density at radius 3 is 2.80 bits per heavy atom. The van der Waals surface area contributed by atoms with Crippen LogP contribution in [0.15, 0.2) is 18.2 Å². The monoisotopic (exact) mass is 431 g/mol. The molecule has 30 heavy (non-hydrogen) atoms. The predicted octanol–water partition coefficient (Wildman–Crippen LogP) is 2.67. The summed E-state index contributed by atoms with van der Waals surface area (Å²) in [5.74, 6) is 0.868. The molecule has 8 heteroatoms. The van der Waals surface area contributed by atoms with Gasteiger partial charge < -0.3 is 9.67 Å². The summed E-state index contributed by atoms with van der Waals surface area (Å²) in [6.07, 6.45) is 1.33. The predicted molar refractivity (Wildman–Crippen MR) is 113 cm³/mol. The minimum Gasteiger partial charge on any atom is -0.388 e. The first kappa shape index (κ1) is 20.0. The number of hydrogen-bond acceptors (Lipinski definition) is 5. The number of carbonyl (C=O) groups is 1. The molecule has 1 unspecified atom stereocenters. The zero-order valence-corrected chi connectivity index (χ0v) is 18.7. The van der Waals surface area contributed by atoms with Crippen LogP contribution in [0.2, 0.25) is 0 Å². The highest BCUT2D eigenvalue weighted by Crippen LogP contribution is 2.70. The zero-order valence-electron chi connectivity index (χ0n) is 17.9. The van der Waals surface area contributed by atoms with Gasteiger partial charge in [0.1, 0.15) is 5.82 Å². The highest BCUT2D eigenvalue weighted by Gasteiger charge is 2.72. The van der Waals surface area contributed by atoms with Crippen LogP contribution in [0.5, 0.6) is 0 Å². The third-order valence-electron chi connectivity index (χ3n) is 8.54. The first-order valence-corrected chi connectivity index (χ1v) is 12.2. The molecule has 2 bridgehead atoms. The highest BCUT2D eigenvalue weighted by atomic mass is 32.2. The Balaban J connectivity index is 1.41. The van der Waals surface area contributed by atoms with Crippen LogP contribution < -0.4 is 0 Å². The third kappa shape index (κ3) is 2.43. The Labute approximate surface area is 177 Å². The lowest BCUT2D eigenvalue weighted by atomic mass is 9.69. The van der Waals surface area contributed by atoms with Gasteiger partial charge in [-0.2, -0.15) is 0 Å². The second-order valence-electron chi connectivity index (χ2n) is 10.00. The van der Waals surface area contributed by atoms with Gasteiger partial charge in [-0.05, 0) is 55.2 Å². The van der Waals surface area contributed by atoms with Gasteiger partial charge >= 0.3 is 0 Å². The summed E-state index contributed by atoms with van der Waals surface area (Å²) >= 11 is 0. The second-order valence-corrected chi connectivity index (χ2v) is 11.8. The Bertz CT molecular complexity index is 1170. The van der Waals surface area contributed by atoms with Crippen LogP contribution in [0.4, 0.5) is 0 Å². The van der Waals surface area contributed by atoms with Gasteiger partial charge in [0.2, 0.25) is 15.9 Å². The molecular weight excluding hydrogens is 402 g/mol. The van der Waals surface area contributed by atoms with Crippen molar-refractivity contribution in [3.05, 3.63) is 29.6 Å². The Hall–Kier alpha value is -1.93. The summed E-state index contributed by atoms with van der Waals surface area (Å²) in [5, 5.41) is 10.8. The minimum atomic E-state index is -3.67. The normalized spacial score (nSPS) is 32.0. The molecule has 2 aliphatic carbocycles. The number of hydrogen-bond donors (Lipinski definition) is 1. The second kappa shape index (κ2) is 6.07. The van der Waals surface area contributed by atoms with Crippen molar-refractivity contribution in [2.75, 3.05) is 5.75 Å². The van der Waals surface area contributed by atoms with Crippen molar-refractivity contribution >= 4 is 27.0 Å². The van der Waals surface area contributed by atoms with E-state index in [0.717, 1.165) is 40.4 Å². The summed E-state index contributed by atoms with van der Waals surface area (Å²) in [6, 6.07) is 5.17. The molecule has 1 aliphatic heterocycles. The molecule has 2 saturated carbocycles. The van der Waals surface area contributed by atoms with Gasteiger partial charge in [0.25, 0.3) is 0 Å². The molecule has 1 N–H and O–H groups in total. The number of fused-ring (bicyclic) bond motifs is 2. The number of carbonyl (C=O) groups excluding carboxylic acids is 1. The molecule has 0 radical (unpaired) electrons. The van der Waals surface area contributed by atoms with Gasteiger partial charge in [0, 0.05) is 12.5 Å². The number of aliphatic hydroxyl groups is 1. The Morgan fingerprint density at radius 2 is 2.10 bits per heavy atom. The van der Waals surface area contributed by atoms with Crippen LogP contribution >= 0.6 is 0 Å². The van der Waals surface area contributed by atoms with E-state index in [-0.39, 0.29) is 29.0 Å². The summed E-state index contributed by atoms with van der Waals surface area (Å²) in [5.41, 5.74) is 1.85. The smallest absolute Gasteiger partial charge is 0.239 e. The van der Waals surface area contributed by atoms with Crippen molar-refractivity contribution in [1.82, 2.24) is 13.9 Å². The molecule has 1 saturated heterocycles.